The Hall–Kier alpha value is -1.14. The summed E-state index contributed by atoms with van der Waals surface area (Å²) < 4.78 is 6.70. The molecule has 2 bridgehead atoms. The Kier molecular flexibility index (Phi) is 3.69. The molecule has 2 fully saturated rings. The van der Waals surface area contributed by atoms with Gasteiger partial charge in [0.2, 0.25) is 0 Å². The van der Waals surface area contributed by atoms with Crippen molar-refractivity contribution in [1.29, 1.82) is 0 Å². The first-order valence-electron chi connectivity index (χ1n) is 6.87. The highest BCUT2D eigenvalue weighted by molar-refractivity contribution is 9.10. The second-order valence-electron chi connectivity index (χ2n) is 5.63. The standard InChI is InChI=1S/C14H17BrN2O3/c1-16-9-2-3-10(16)7-12(6-9)20-14-5-4-11(17(18)19)8-13(14)15/h4-5,8-10,12H,2-3,6-7H2,1H3/t9-,10+,12+. The van der Waals surface area contributed by atoms with E-state index in [0.29, 0.717) is 22.3 Å². The lowest BCUT2D eigenvalue weighted by Gasteiger charge is -2.36. The SMILES string of the molecule is CN1[C@@H]2CC[C@H]1C[C@@H](Oc1ccc([N+](=O)[O-])cc1Br)C2. The predicted octanol–water partition coefficient (Wildman–Crippen LogP) is 3.36. The highest BCUT2D eigenvalue weighted by Crippen LogP contribution is 2.37. The van der Waals surface area contributed by atoms with Gasteiger partial charge in [0, 0.05) is 24.2 Å². The Morgan fingerprint density at radius 1 is 1.35 bits per heavy atom. The van der Waals surface area contributed by atoms with Crippen molar-refractivity contribution < 1.29 is 9.66 Å². The summed E-state index contributed by atoms with van der Waals surface area (Å²) in [5.74, 6) is 0.699. The molecule has 2 aliphatic rings. The fraction of sp³-hybridized carbons (Fsp3) is 0.571. The van der Waals surface area contributed by atoms with Crippen molar-refractivity contribution in [2.24, 2.45) is 0 Å². The monoisotopic (exact) mass is 340 g/mol. The van der Waals surface area contributed by atoms with Gasteiger partial charge in [0.15, 0.2) is 0 Å². The molecule has 1 aromatic carbocycles. The van der Waals surface area contributed by atoms with Gasteiger partial charge in [0.25, 0.3) is 5.69 Å². The summed E-state index contributed by atoms with van der Waals surface area (Å²) >= 11 is 3.36. The molecule has 2 aliphatic heterocycles. The molecule has 20 heavy (non-hydrogen) atoms. The van der Waals surface area contributed by atoms with Crippen LogP contribution in [0.5, 0.6) is 5.75 Å². The van der Waals surface area contributed by atoms with Crippen molar-refractivity contribution in [3.8, 4) is 5.75 Å². The van der Waals surface area contributed by atoms with Gasteiger partial charge in [-0.15, -0.1) is 0 Å². The number of non-ortho nitro benzene ring substituents is 1. The fourth-order valence-electron chi connectivity index (χ4n) is 3.34. The molecule has 0 radical (unpaired) electrons. The molecule has 0 N–H and O–H groups in total. The van der Waals surface area contributed by atoms with Crippen LogP contribution in [0.15, 0.2) is 22.7 Å². The van der Waals surface area contributed by atoms with E-state index in [1.165, 1.54) is 25.0 Å². The van der Waals surface area contributed by atoms with Gasteiger partial charge in [-0.2, -0.15) is 0 Å². The highest BCUT2D eigenvalue weighted by Gasteiger charge is 2.39. The molecule has 0 spiro atoms. The van der Waals surface area contributed by atoms with E-state index in [9.17, 15) is 10.1 Å². The van der Waals surface area contributed by atoms with E-state index in [4.69, 9.17) is 4.74 Å². The lowest BCUT2D eigenvalue weighted by molar-refractivity contribution is -0.385. The van der Waals surface area contributed by atoms with E-state index < -0.39 is 4.92 Å². The van der Waals surface area contributed by atoms with Crippen LogP contribution in [0, 0.1) is 10.1 Å². The molecule has 5 nitrogen and oxygen atoms in total. The Balaban J connectivity index is 1.71. The quantitative estimate of drug-likeness (QED) is 0.625. The number of ether oxygens (including phenoxy) is 1. The molecule has 108 valence electrons. The van der Waals surface area contributed by atoms with Gasteiger partial charge in [0.05, 0.1) is 9.40 Å². The molecule has 0 saturated carbocycles. The summed E-state index contributed by atoms with van der Waals surface area (Å²) in [7, 11) is 2.19. The van der Waals surface area contributed by atoms with E-state index in [2.05, 4.69) is 27.9 Å². The van der Waals surface area contributed by atoms with E-state index in [0.717, 1.165) is 12.8 Å². The topological polar surface area (TPSA) is 55.6 Å². The third kappa shape index (κ3) is 2.54. The van der Waals surface area contributed by atoms with Gasteiger partial charge in [-0.1, -0.05) is 0 Å². The number of benzene rings is 1. The molecule has 0 amide bonds. The molecule has 3 atom stereocenters. The molecule has 0 unspecified atom stereocenters. The molecule has 0 aromatic heterocycles. The minimum absolute atomic E-state index is 0.0765. The lowest BCUT2D eigenvalue weighted by Crippen LogP contribution is -2.43. The molecule has 1 aromatic rings. The number of halogens is 1. The number of hydrogen-bond donors (Lipinski definition) is 0. The van der Waals surface area contributed by atoms with Gasteiger partial charge in [-0.25, -0.2) is 0 Å². The maximum absolute atomic E-state index is 10.7. The zero-order valence-corrected chi connectivity index (χ0v) is 12.9. The van der Waals surface area contributed by atoms with Crippen LogP contribution in [0.1, 0.15) is 25.7 Å². The van der Waals surface area contributed by atoms with E-state index in [1.807, 2.05) is 0 Å². The van der Waals surface area contributed by atoms with Crippen LogP contribution in [0.4, 0.5) is 5.69 Å². The van der Waals surface area contributed by atoms with Crippen LogP contribution in [0.3, 0.4) is 0 Å². The highest BCUT2D eigenvalue weighted by atomic mass is 79.9. The lowest BCUT2D eigenvalue weighted by atomic mass is 10.0. The summed E-state index contributed by atoms with van der Waals surface area (Å²) in [5.41, 5.74) is 0.0765. The van der Waals surface area contributed by atoms with Crippen LogP contribution >= 0.6 is 15.9 Å². The van der Waals surface area contributed by atoms with Crippen LogP contribution in [0.25, 0.3) is 0 Å². The number of hydrogen-bond acceptors (Lipinski definition) is 4. The van der Waals surface area contributed by atoms with Crippen molar-refractivity contribution in [3.63, 3.8) is 0 Å². The Morgan fingerprint density at radius 3 is 2.55 bits per heavy atom. The third-order valence-corrected chi connectivity index (χ3v) is 5.09. The largest absolute Gasteiger partial charge is 0.489 e. The Morgan fingerprint density at radius 2 is 2.00 bits per heavy atom. The van der Waals surface area contributed by atoms with Crippen LogP contribution < -0.4 is 4.74 Å². The maximum Gasteiger partial charge on any atom is 0.270 e. The molecule has 6 heteroatoms. The van der Waals surface area contributed by atoms with Crippen molar-refractivity contribution in [1.82, 2.24) is 4.90 Å². The van der Waals surface area contributed by atoms with Crippen LogP contribution in [-0.4, -0.2) is 35.1 Å². The minimum Gasteiger partial charge on any atom is -0.489 e. The number of fused-ring (bicyclic) bond motifs is 2. The zero-order valence-electron chi connectivity index (χ0n) is 11.3. The van der Waals surface area contributed by atoms with Gasteiger partial charge < -0.3 is 9.64 Å². The maximum atomic E-state index is 10.7. The molecule has 2 saturated heterocycles. The second-order valence-corrected chi connectivity index (χ2v) is 6.49. The average molecular weight is 341 g/mol. The smallest absolute Gasteiger partial charge is 0.270 e. The van der Waals surface area contributed by atoms with Crippen molar-refractivity contribution in [3.05, 3.63) is 32.8 Å². The first-order chi connectivity index (χ1) is 9.54. The van der Waals surface area contributed by atoms with Gasteiger partial charge in [0.1, 0.15) is 11.9 Å². The summed E-state index contributed by atoms with van der Waals surface area (Å²) in [6.07, 6.45) is 4.79. The van der Waals surface area contributed by atoms with Crippen LogP contribution in [-0.2, 0) is 0 Å². The molecular formula is C14H17BrN2O3. The molecule has 0 aliphatic carbocycles. The van der Waals surface area contributed by atoms with E-state index in [1.54, 1.807) is 6.07 Å². The second kappa shape index (κ2) is 5.33. The molecule has 3 rings (SSSR count). The van der Waals surface area contributed by atoms with Gasteiger partial charge >= 0.3 is 0 Å². The normalized spacial score (nSPS) is 29.4. The summed E-state index contributed by atoms with van der Waals surface area (Å²) in [6.45, 7) is 0. The van der Waals surface area contributed by atoms with Crippen molar-refractivity contribution >= 4 is 21.6 Å². The Labute approximate surface area is 126 Å². The van der Waals surface area contributed by atoms with Crippen LogP contribution in [0.2, 0.25) is 0 Å². The zero-order chi connectivity index (χ0) is 14.3. The Bertz CT molecular complexity index is 523. The number of nitro benzene ring substituents is 1. The first kappa shape index (κ1) is 13.8. The van der Waals surface area contributed by atoms with Crippen molar-refractivity contribution in [2.75, 3.05) is 7.05 Å². The third-order valence-electron chi connectivity index (χ3n) is 4.47. The number of nitrogens with zero attached hydrogens (tertiary/aromatic N) is 2. The summed E-state index contributed by atoms with van der Waals surface area (Å²) in [6, 6.07) is 5.91. The van der Waals surface area contributed by atoms with E-state index >= 15 is 0 Å². The van der Waals surface area contributed by atoms with E-state index in [-0.39, 0.29) is 11.8 Å². The number of nitro groups is 1. The summed E-state index contributed by atoms with van der Waals surface area (Å²) in [4.78, 5) is 12.8. The first-order valence-corrected chi connectivity index (χ1v) is 7.66. The number of piperidine rings is 1. The van der Waals surface area contributed by atoms with Crippen molar-refractivity contribution in [2.45, 2.75) is 43.9 Å². The fourth-order valence-corrected chi connectivity index (χ4v) is 3.80. The van der Waals surface area contributed by atoms with Gasteiger partial charge in [-0.3, -0.25) is 10.1 Å². The minimum atomic E-state index is -0.398. The molecule has 2 heterocycles. The number of rotatable bonds is 3. The molecular weight excluding hydrogens is 324 g/mol. The van der Waals surface area contributed by atoms with Gasteiger partial charge in [-0.05, 0) is 54.7 Å². The summed E-state index contributed by atoms with van der Waals surface area (Å²) in [5, 5.41) is 10.7. The average Bonchev–Trinajstić information content (AvgIpc) is 2.64. The predicted molar refractivity (Wildman–Crippen MR) is 79.0 cm³/mol.